The van der Waals surface area contributed by atoms with Crippen LogP contribution in [0.3, 0.4) is 0 Å². The van der Waals surface area contributed by atoms with E-state index in [4.69, 9.17) is 7.85 Å². The van der Waals surface area contributed by atoms with Crippen LogP contribution in [0.2, 0.25) is 0 Å². The van der Waals surface area contributed by atoms with Crippen molar-refractivity contribution in [2.45, 2.75) is 57.9 Å². The van der Waals surface area contributed by atoms with E-state index in [1.807, 2.05) is 29.5 Å². The van der Waals surface area contributed by atoms with Crippen LogP contribution in [0.4, 0.5) is 4.79 Å². The second kappa shape index (κ2) is 10.9. The quantitative estimate of drug-likeness (QED) is 0.149. The molecule has 0 aromatic rings. The van der Waals surface area contributed by atoms with Gasteiger partial charge >= 0.3 is 151 Å². The predicted molar refractivity (Wildman–Crippen MR) is 90.5 cm³/mol. The van der Waals surface area contributed by atoms with Crippen LogP contribution >= 0.6 is 31.3 Å². The molecule has 0 N–H and O–H groups in total. The molecule has 2 atom stereocenters. The fraction of sp³-hybridized carbons (Fsp3) is 0.846. The minimum absolute atomic E-state index is 0.157. The fourth-order valence-corrected chi connectivity index (χ4v) is 7.35. The van der Waals surface area contributed by atoms with Crippen molar-refractivity contribution in [2.24, 2.45) is 5.92 Å². The van der Waals surface area contributed by atoms with Crippen LogP contribution in [-0.2, 0) is 4.79 Å². The first-order valence-electron chi connectivity index (χ1n) is 7.14. The zero-order chi connectivity index (χ0) is 15.0. The van der Waals surface area contributed by atoms with Crippen LogP contribution in [0.1, 0.15) is 51.9 Å². The summed E-state index contributed by atoms with van der Waals surface area (Å²) in [6, 6.07) is 0.157. The van der Waals surface area contributed by atoms with E-state index in [-0.39, 0.29) is 13.5 Å². The Morgan fingerprint density at radius 2 is 2.05 bits per heavy atom. The molecule has 1 saturated carbocycles. The normalized spacial score (nSPS) is 18.9. The van der Waals surface area contributed by atoms with Gasteiger partial charge in [0.1, 0.15) is 0 Å². The number of hydrogen-bond donors (Lipinski definition) is 0. The van der Waals surface area contributed by atoms with Gasteiger partial charge in [-0.2, -0.15) is 0 Å². The molecule has 0 spiro atoms. The predicted octanol–water partition coefficient (Wildman–Crippen LogP) is 0.885. The molecule has 7 heteroatoms. The molecule has 3 nitrogen and oxygen atoms in total. The Morgan fingerprint density at radius 1 is 1.40 bits per heavy atom. The number of carbonyl (C=O) groups is 2. The number of carbonyl (C=O) groups excluding carboxylic acids is 2. The Kier molecular flexibility index (Phi) is 10.5. The van der Waals surface area contributed by atoms with Crippen molar-refractivity contribution >= 4 is 46.6 Å². The molecule has 0 aromatic heterocycles. The summed E-state index contributed by atoms with van der Waals surface area (Å²) in [5.41, 5.74) is 0. The Hall–Kier alpha value is 1.25. The molecule has 1 fully saturated rings. The van der Waals surface area contributed by atoms with Crippen molar-refractivity contribution < 1.29 is 31.1 Å². The molecule has 0 amide bonds. The molecule has 0 saturated heterocycles. The molecule has 1 aliphatic rings. The molecule has 0 aromatic carbocycles. The van der Waals surface area contributed by atoms with Crippen molar-refractivity contribution in [1.29, 1.82) is 0 Å². The van der Waals surface area contributed by atoms with Gasteiger partial charge in [0.05, 0.1) is 0 Å². The average molecular weight is 520 g/mol. The van der Waals surface area contributed by atoms with Crippen LogP contribution in [0.25, 0.3) is 0 Å². The SMILES string of the molecule is [B]C(=O)[I-]N(PCCC1CCCCC1)C(C)CC(=O)I. The van der Waals surface area contributed by atoms with Crippen molar-refractivity contribution in [2.75, 3.05) is 6.16 Å². The van der Waals surface area contributed by atoms with Gasteiger partial charge in [-0.3, -0.25) is 0 Å². The van der Waals surface area contributed by atoms with Gasteiger partial charge in [0.25, 0.3) is 0 Å². The standard InChI is InChI=1S/C13H22BI2NO2P/c1-10(9-12(15)18)17(16-13(14)19)20-8-7-11-5-3-2-4-6-11/h10-11,20H,2-9H2,1H3/q-1. The first kappa shape index (κ1) is 19.3. The van der Waals surface area contributed by atoms with Crippen LogP contribution in [0.5, 0.6) is 0 Å². The second-order valence-electron chi connectivity index (χ2n) is 5.31. The molecule has 0 aliphatic heterocycles. The zero-order valence-electron chi connectivity index (χ0n) is 11.9. The van der Waals surface area contributed by atoms with E-state index in [0.717, 1.165) is 12.1 Å². The molecule has 1 aliphatic carbocycles. The Labute approximate surface area is 149 Å². The number of hydrogen-bond acceptors (Lipinski definition) is 3. The van der Waals surface area contributed by atoms with E-state index in [1.54, 1.807) is 0 Å². The summed E-state index contributed by atoms with van der Waals surface area (Å²) in [4.78, 5) is 22.4. The van der Waals surface area contributed by atoms with Crippen molar-refractivity contribution in [3.05, 3.63) is 0 Å². The average Bonchev–Trinajstić information content (AvgIpc) is 2.37. The Morgan fingerprint density at radius 3 is 2.60 bits per heavy atom. The van der Waals surface area contributed by atoms with E-state index in [2.05, 4.69) is 2.88 Å². The summed E-state index contributed by atoms with van der Waals surface area (Å²) in [5, 5.41) is 0. The molecule has 2 unspecified atom stereocenters. The Balaban J connectivity index is 2.34. The van der Waals surface area contributed by atoms with E-state index >= 15 is 0 Å². The van der Waals surface area contributed by atoms with Crippen molar-refractivity contribution in [1.82, 2.24) is 2.88 Å². The fourth-order valence-electron chi connectivity index (χ4n) is 2.52. The first-order valence-corrected chi connectivity index (χ1v) is 11.4. The maximum atomic E-state index is 11.2. The van der Waals surface area contributed by atoms with Crippen LogP contribution in [0, 0.1) is 5.92 Å². The van der Waals surface area contributed by atoms with E-state index < -0.39 is 21.5 Å². The number of halogens is 2. The van der Waals surface area contributed by atoms with Gasteiger partial charge in [0.2, 0.25) is 0 Å². The van der Waals surface area contributed by atoms with Crippen molar-refractivity contribution in [3.8, 4) is 0 Å². The summed E-state index contributed by atoms with van der Waals surface area (Å²) >= 11 is 1.06. The Bertz CT molecular complexity index is 327. The van der Waals surface area contributed by atoms with Gasteiger partial charge in [-0.05, 0) is 0 Å². The minimum atomic E-state index is -0.775. The van der Waals surface area contributed by atoms with E-state index in [1.165, 1.54) is 38.5 Å². The third-order valence-corrected chi connectivity index (χ3v) is 8.79. The van der Waals surface area contributed by atoms with Gasteiger partial charge in [-0.1, -0.05) is 0 Å². The van der Waals surface area contributed by atoms with Gasteiger partial charge in [-0.25, -0.2) is 0 Å². The van der Waals surface area contributed by atoms with Crippen molar-refractivity contribution in [3.63, 3.8) is 0 Å². The first-order chi connectivity index (χ1) is 9.49. The van der Waals surface area contributed by atoms with Crippen LogP contribution in [0.15, 0.2) is 0 Å². The molecule has 114 valence electrons. The molecular weight excluding hydrogens is 498 g/mol. The summed E-state index contributed by atoms with van der Waals surface area (Å²) in [6.07, 6.45) is 9.84. The molecule has 1 rings (SSSR count). The number of nitrogens with zero attached hydrogens (tertiary/aromatic N) is 1. The monoisotopic (exact) mass is 520 g/mol. The topological polar surface area (TPSA) is 37.4 Å². The van der Waals surface area contributed by atoms with E-state index in [0.29, 0.717) is 15.2 Å². The van der Waals surface area contributed by atoms with Crippen LogP contribution in [-0.4, -0.2) is 30.4 Å². The summed E-state index contributed by atoms with van der Waals surface area (Å²) in [5.74, 6) is 0.881. The number of rotatable bonds is 9. The molecule has 20 heavy (non-hydrogen) atoms. The molecular formula is C13H22BI2NO2P-. The second-order valence-corrected chi connectivity index (χ2v) is 11.3. The summed E-state index contributed by atoms with van der Waals surface area (Å²) in [7, 11) is 6.01. The van der Waals surface area contributed by atoms with Gasteiger partial charge < -0.3 is 0 Å². The zero-order valence-corrected chi connectivity index (χ0v) is 17.2. The molecule has 2 radical (unpaired) electrons. The third kappa shape index (κ3) is 8.64. The summed E-state index contributed by atoms with van der Waals surface area (Å²) < 4.78 is 2.16. The van der Waals surface area contributed by atoms with Gasteiger partial charge in [0, 0.05) is 0 Å². The molecule has 0 bridgehead atoms. The van der Waals surface area contributed by atoms with Gasteiger partial charge in [-0.15, -0.1) is 0 Å². The maximum absolute atomic E-state index is 11.2. The molecule has 0 heterocycles. The third-order valence-electron chi connectivity index (χ3n) is 3.56. The van der Waals surface area contributed by atoms with Gasteiger partial charge in [0.15, 0.2) is 0 Å². The van der Waals surface area contributed by atoms with Crippen LogP contribution < -0.4 is 21.5 Å². The summed E-state index contributed by atoms with van der Waals surface area (Å²) in [6.45, 7) is 2.03. The van der Waals surface area contributed by atoms with E-state index in [9.17, 15) is 9.59 Å².